The molecule has 260 valence electrons. The number of fused-ring (bicyclic) bond motifs is 1. The molecule has 2 saturated heterocycles. The van der Waals surface area contributed by atoms with Crippen molar-refractivity contribution in [2.45, 2.75) is 70.1 Å². The average molecular weight is 689 g/mol. The Morgan fingerprint density at radius 3 is 2.65 bits per heavy atom. The molecule has 3 aromatic heterocycles. The number of hydrogen-bond donors (Lipinski definition) is 2. The van der Waals surface area contributed by atoms with Gasteiger partial charge >= 0.3 is 12.2 Å². The first-order valence-corrected chi connectivity index (χ1v) is 15.9. The summed E-state index contributed by atoms with van der Waals surface area (Å²) in [6.07, 6.45) is -3.46. The Balaban J connectivity index is 1.45. The molecule has 4 aromatic rings. The van der Waals surface area contributed by atoms with Gasteiger partial charge in [0.15, 0.2) is 5.82 Å². The second kappa shape index (κ2) is 11.8. The van der Waals surface area contributed by atoms with E-state index in [1.807, 2.05) is 11.8 Å². The van der Waals surface area contributed by atoms with E-state index in [1.54, 1.807) is 30.2 Å². The highest BCUT2D eigenvalue weighted by Gasteiger charge is 2.49. The highest BCUT2D eigenvalue weighted by Crippen LogP contribution is 2.47. The van der Waals surface area contributed by atoms with Gasteiger partial charge in [-0.05, 0) is 57.9 Å². The number of nitrogens with two attached hydrogens (primary N) is 2. The molecule has 0 radical (unpaired) electrons. The quantitative estimate of drug-likeness (QED) is 0.180. The molecule has 2 fully saturated rings. The predicted molar refractivity (Wildman–Crippen MR) is 170 cm³/mol. The van der Waals surface area contributed by atoms with E-state index in [2.05, 4.69) is 15.0 Å². The van der Waals surface area contributed by atoms with Crippen LogP contribution in [0.3, 0.4) is 0 Å². The van der Waals surface area contributed by atoms with Gasteiger partial charge in [-0.15, -0.1) is 0 Å². The lowest BCUT2D eigenvalue weighted by molar-refractivity contribution is -0.137. The smallest absolute Gasteiger partial charge is 0.417 e. The summed E-state index contributed by atoms with van der Waals surface area (Å²) in [6.45, 7) is 5.61. The van der Waals surface area contributed by atoms with Gasteiger partial charge in [0.05, 0.1) is 29.4 Å². The molecule has 1 aromatic carbocycles. The lowest BCUT2D eigenvalue weighted by atomic mass is 9.95. The minimum absolute atomic E-state index is 0.00864. The molecule has 10 nitrogen and oxygen atoms in total. The predicted octanol–water partition coefficient (Wildman–Crippen LogP) is 6.16. The van der Waals surface area contributed by atoms with Gasteiger partial charge in [0.25, 0.3) is 0 Å². The van der Waals surface area contributed by atoms with Crippen LogP contribution in [0.2, 0.25) is 0 Å². The first-order valence-electron chi connectivity index (χ1n) is 15.9. The van der Waals surface area contributed by atoms with Crippen molar-refractivity contribution in [1.82, 2.24) is 24.8 Å². The van der Waals surface area contributed by atoms with E-state index < -0.39 is 75.3 Å². The second-order valence-corrected chi connectivity index (χ2v) is 13.1. The minimum atomic E-state index is -5.09. The summed E-state index contributed by atoms with van der Waals surface area (Å²) >= 11 is 0. The molecule has 0 spiro atoms. The zero-order chi connectivity index (χ0) is 35.0. The van der Waals surface area contributed by atoms with Gasteiger partial charge in [0, 0.05) is 30.3 Å². The molecule has 7 rings (SSSR count). The first-order chi connectivity index (χ1) is 23.2. The molecule has 0 aliphatic carbocycles. The normalized spacial score (nSPS) is 23.0. The van der Waals surface area contributed by atoms with Crippen LogP contribution in [0.25, 0.3) is 22.2 Å². The monoisotopic (exact) mass is 688 g/mol. The molecular formula is C33H34F6N8O2. The Labute approximate surface area is 277 Å². The zero-order valence-electron chi connectivity index (χ0n) is 26.9. The largest absolute Gasteiger partial charge is 0.472 e. The van der Waals surface area contributed by atoms with Gasteiger partial charge in [0.2, 0.25) is 5.88 Å². The fraction of sp³-hybridized carbons (Fsp3) is 0.455. The third-order valence-corrected chi connectivity index (χ3v) is 9.84. The van der Waals surface area contributed by atoms with Gasteiger partial charge in [-0.1, -0.05) is 6.07 Å². The molecule has 0 amide bonds. The molecule has 49 heavy (non-hydrogen) atoms. The van der Waals surface area contributed by atoms with Crippen LogP contribution < -0.4 is 25.8 Å². The molecule has 3 aliphatic rings. The summed E-state index contributed by atoms with van der Waals surface area (Å²) in [5, 5.41) is -0.0158. The summed E-state index contributed by atoms with van der Waals surface area (Å²) < 4.78 is 102. The van der Waals surface area contributed by atoms with Crippen molar-refractivity contribution in [2.75, 3.05) is 42.6 Å². The van der Waals surface area contributed by atoms with Gasteiger partial charge in [-0.2, -0.15) is 23.1 Å². The van der Waals surface area contributed by atoms with Crippen LogP contribution in [0, 0.1) is 18.6 Å². The van der Waals surface area contributed by atoms with Crippen molar-refractivity contribution < 1.29 is 35.8 Å². The van der Waals surface area contributed by atoms with Crippen molar-refractivity contribution in [3.05, 3.63) is 52.7 Å². The molecule has 0 bridgehead atoms. The van der Waals surface area contributed by atoms with E-state index >= 15 is 4.39 Å². The van der Waals surface area contributed by atoms with Gasteiger partial charge in [-0.25, -0.2) is 23.1 Å². The number of ether oxygens (including phenoxy) is 2. The maximum absolute atomic E-state index is 16.9. The molecule has 6 heterocycles. The number of hydrogen-bond acceptors (Lipinski definition) is 10. The summed E-state index contributed by atoms with van der Waals surface area (Å²) in [4.78, 5) is 21.3. The van der Waals surface area contributed by atoms with E-state index in [-0.39, 0.29) is 55.0 Å². The van der Waals surface area contributed by atoms with Crippen LogP contribution in [0.4, 0.5) is 43.7 Å². The van der Waals surface area contributed by atoms with Crippen molar-refractivity contribution in [3.63, 3.8) is 0 Å². The maximum Gasteiger partial charge on any atom is 0.417 e. The molecule has 4 atom stereocenters. The number of rotatable bonds is 6. The number of anilines is 3. The zero-order valence-corrected chi connectivity index (χ0v) is 26.9. The number of pyridine rings is 2. The Morgan fingerprint density at radius 2 is 1.92 bits per heavy atom. The number of nitrogen functional groups attached to an aromatic ring is 2. The number of benzene rings is 1. The van der Waals surface area contributed by atoms with E-state index in [1.165, 1.54) is 0 Å². The van der Waals surface area contributed by atoms with Crippen molar-refractivity contribution >= 4 is 28.2 Å². The topological polar surface area (TPSA) is 129 Å². The fourth-order valence-electron chi connectivity index (χ4n) is 7.54. The standard InChI is InChI=1S/C33H34F6N8O2/c1-15-12-47(17(3)19-6-4-8-42-28(19)41)29-22-27(44-31(45-29)48-14-32-7-5-9-46(32)13-18(34)11-32)25(36)26(43-30(22)49-15)20-10-21(40)24(35)16(2)23(20)33(37,38)39/h4,6,8,10,15,17-18H,5,7,9,11-14,40H2,1-3H3,(H2,41,42)/t15-,17+,18+,32-/m0/s1. The van der Waals surface area contributed by atoms with Crippen molar-refractivity contribution in [3.8, 4) is 23.1 Å². The minimum Gasteiger partial charge on any atom is -0.472 e. The maximum atomic E-state index is 16.9. The highest BCUT2D eigenvalue weighted by atomic mass is 19.4. The third-order valence-electron chi connectivity index (χ3n) is 9.84. The van der Waals surface area contributed by atoms with Crippen LogP contribution in [0.15, 0.2) is 24.4 Å². The van der Waals surface area contributed by atoms with Gasteiger partial charge < -0.3 is 25.8 Å². The fourth-order valence-corrected chi connectivity index (χ4v) is 7.54. The Bertz CT molecular complexity index is 1960. The lowest BCUT2D eigenvalue weighted by Crippen LogP contribution is -2.43. The summed E-state index contributed by atoms with van der Waals surface area (Å²) in [6, 6.07) is 3.41. The average Bonchev–Trinajstić information content (AvgIpc) is 3.52. The number of alkyl halides is 4. The van der Waals surface area contributed by atoms with Crippen LogP contribution >= 0.6 is 0 Å². The van der Waals surface area contributed by atoms with Crippen molar-refractivity contribution in [2.24, 2.45) is 0 Å². The third kappa shape index (κ3) is 5.49. The first kappa shape index (κ1) is 32.9. The molecule has 16 heteroatoms. The SMILES string of the molecule is Cc1c(F)c(N)cc(-c2nc3c4c(nc(OC[C@@]56CCCN5C[C@H](F)C6)nc4c2F)N([C@H](C)c2cccnc2N)C[C@H](C)O3)c1C(F)(F)F. The van der Waals surface area contributed by atoms with Crippen LogP contribution in [0.5, 0.6) is 11.9 Å². The molecule has 4 N–H and O–H groups in total. The Morgan fingerprint density at radius 1 is 1.14 bits per heavy atom. The Hall–Kier alpha value is -4.60. The lowest BCUT2D eigenvalue weighted by Gasteiger charge is -2.32. The molecule has 3 aliphatic heterocycles. The number of nitrogens with zero attached hydrogens (tertiary/aromatic N) is 6. The molecule has 0 saturated carbocycles. The van der Waals surface area contributed by atoms with Gasteiger partial charge in [-0.3, -0.25) is 4.90 Å². The van der Waals surface area contributed by atoms with E-state index in [0.29, 0.717) is 24.6 Å². The van der Waals surface area contributed by atoms with Crippen LogP contribution in [-0.4, -0.2) is 68.9 Å². The highest BCUT2D eigenvalue weighted by molar-refractivity contribution is 5.97. The van der Waals surface area contributed by atoms with E-state index in [9.17, 15) is 22.0 Å². The summed E-state index contributed by atoms with van der Waals surface area (Å²) in [5.74, 6) is -2.38. The number of halogens is 6. The molecular weight excluding hydrogens is 654 g/mol. The second-order valence-electron chi connectivity index (χ2n) is 13.1. The van der Waals surface area contributed by atoms with Crippen LogP contribution in [-0.2, 0) is 6.18 Å². The van der Waals surface area contributed by atoms with Crippen molar-refractivity contribution in [1.29, 1.82) is 0 Å². The Kier molecular flexibility index (Phi) is 7.91. The van der Waals surface area contributed by atoms with Gasteiger partial charge in [0.1, 0.15) is 52.9 Å². The van der Waals surface area contributed by atoms with E-state index in [4.69, 9.17) is 25.9 Å². The number of aromatic nitrogens is 4. The molecule has 0 unspecified atom stereocenters. The van der Waals surface area contributed by atoms with E-state index in [0.717, 1.165) is 13.3 Å². The van der Waals surface area contributed by atoms with Crippen LogP contribution in [0.1, 0.15) is 55.8 Å². The summed E-state index contributed by atoms with van der Waals surface area (Å²) in [7, 11) is 0. The summed E-state index contributed by atoms with van der Waals surface area (Å²) in [5.41, 5.74) is 7.15.